The summed E-state index contributed by atoms with van der Waals surface area (Å²) in [6.07, 6.45) is 10.8. The summed E-state index contributed by atoms with van der Waals surface area (Å²) in [5.74, 6) is 0.882. The van der Waals surface area contributed by atoms with Gasteiger partial charge in [0.05, 0.1) is 0 Å². The van der Waals surface area contributed by atoms with Crippen LogP contribution in [0.15, 0.2) is 24.3 Å². The molecule has 0 aromatic heterocycles. The first-order valence-corrected chi connectivity index (χ1v) is 7.55. The average Bonchev–Trinajstić information content (AvgIpc) is 2.61. The molecule has 0 spiro atoms. The van der Waals surface area contributed by atoms with Crippen molar-refractivity contribution in [1.82, 2.24) is 0 Å². The number of hydrogen-bond acceptors (Lipinski definition) is 1. The van der Waals surface area contributed by atoms with E-state index in [-0.39, 0.29) is 0 Å². The summed E-state index contributed by atoms with van der Waals surface area (Å²) in [5, 5.41) is 0. The molecule has 1 aliphatic carbocycles. The summed E-state index contributed by atoms with van der Waals surface area (Å²) in [5.41, 5.74) is 9.05. The van der Waals surface area contributed by atoms with Gasteiger partial charge in [-0.2, -0.15) is 0 Å². The molecule has 1 heteroatoms. The van der Waals surface area contributed by atoms with Gasteiger partial charge in [-0.3, -0.25) is 0 Å². The molecule has 0 saturated heterocycles. The summed E-state index contributed by atoms with van der Waals surface area (Å²) >= 11 is 0. The SMILES string of the molecule is Cc1ccc(CC(N)CC2CCCCCC2)cc1. The Labute approximate surface area is 112 Å². The van der Waals surface area contributed by atoms with Crippen molar-refractivity contribution >= 4 is 0 Å². The minimum atomic E-state index is 0.343. The van der Waals surface area contributed by atoms with E-state index in [0.717, 1.165) is 12.3 Å². The third-order valence-electron chi connectivity index (χ3n) is 4.23. The zero-order valence-corrected chi connectivity index (χ0v) is 11.7. The molecule has 1 aromatic rings. The van der Waals surface area contributed by atoms with E-state index in [4.69, 9.17) is 5.73 Å². The summed E-state index contributed by atoms with van der Waals surface area (Å²) < 4.78 is 0. The topological polar surface area (TPSA) is 26.0 Å². The Morgan fingerprint density at radius 3 is 2.28 bits per heavy atom. The molecule has 1 atom stereocenters. The van der Waals surface area contributed by atoms with E-state index < -0.39 is 0 Å². The fourth-order valence-corrected chi connectivity index (χ4v) is 3.14. The first kappa shape index (κ1) is 13.6. The molecule has 0 heterocycles. The van der Waals surface area contributed by atoms with Crippen molar-refractivity contribution in [2.45, 2.75) is 64.3 Å². The van der Waals surface area contributed by atoms with E-state index in [1.165, 1.54) is 56.1 Å². The molecule has 1 unspecified atom stereocenters. The molecular weight excluding hydrogens is 218 g/mol. The molecule has 0 radical (unpaired) electrons. The van der Waals surface area contributed by atoms with Gasteiger partial charge in [-0.15, -0.1) is 0 Å². The molecule has 0 amide bonds. The lowest BCUT2D eigenvalue weighted by Gasteiger charge is -2.19. The van der Waals surface area contributed by atoms with Crippen molar-refractivity contribution in [3.8, 4) is 0 Å². The molecule has 2 rings (SSSR count). The third-order valence-corrected chi connectivity index (χ3v) is 4.23. The smallest absolute Gasteiger partial charge is 0.00819 e. The van der Waals surface area contributed by atoms with Crippen LogP contribution in [0.3, 0.4) is 0 Å². The van der Waals surface area contributed by atoms with Gasteiger partial charge in [-0.05, 0) is 31.2 Å². The number of rotatable bonds is 4. The Hall–Kier alpha value is -0.820. The van der Waals surface area contributed by atoms with Gasteiger partial charge in [-0.1, -0.05) is 68.4 Å². The minimum absolute atomic E-state index is 0.343. The fourth-order valence-electron chi connectivity index (χ4n) is 3.14. The second kappa shape index (κ2) is 6.94. The number of nitrogens with two attached hydrogens (primary N) is 1. The number of benzene rings is 1. The van der Waals surface area contributed by atoms with Gasteiger partial charge >= 0.3 is 0 Å². The van der Waals surface area contributed by atoms with Gasteiger partial charge in [0, 0.05) is 6.04 Å². The van der Waals surface area contributed by atoms with Crippen LogP contribution in [-0.2, 0) is 6.42 Å². The van der Waals surface area contributed by atoms with Crippen LogP contribution in [-0.4, -0.2) is 6.04 Å². The van der Waals surface area contributed by atoms with Gasteiger partial charge in [0.15, 0.2) is 0 Å². The van der Waals surface area contributed by atoms with Crippen molar-refractivity contribution in [3.05, 3.63) is 35.4 Å². The molecule has 2 N–H and O–H groups in total. The molecule has 100 valence electrons. The summed E-state index contributed by atoms with van der Waals surface area (Å²) in [6.45, 7) is 2.13. The van der Waals surface area contributed by atoms with E-state index >= 15 is 0 Å². The molecule has 0 bridgehead atoms. The Balaban J connectivity index is 1.80. The maximum absolute atomic E-state index is 6.33. The van der Waals surface area contributed by atoms with Crippen molar-refractivity contribution in [2.75, 3.05) is 0 Å². The molecule has 1 nitrogen and oxygen atoms in total. The summed E-state index contributed by atoms with van der Waals surface area (Å²) in [6, 6.07) is 9.17. The highest BCUT2D eigenvalue weighted by Crippen LogP contribution is 2.26. The quantitative estimate of drug-likeness (QED) is 0.789. The maximum Gasteiger partial charge on any atom is 0.00819 e. The van der Waals surface area contributed by atoms with Crippen LogP contribution in [0.4, 0.5) is 0 Å². The summed E-state index contributed by atoms with van der Waals surface area (Å²) in [4.78, 5) is 0. The van der Waals surface area contributed by atoms with Gasteiger partial charge in [0.25, 0.3) is 0 Å². The van der Waals surface area contributed by atoms with Crippen LogP contribution in [0, 0.1) is 12.8 Å². The Morgan fingerprint density at radius 2 is 1.67 bits per heavy atom. The van der Waals surface area contributed by atoms with Crippen molar-refractivity contribution in [3.63, 3.8) is 0 Å². The number of aryl methyl sites for hydroxylation is 1. The highest BCUT2D eigenvalue weighted by atomic mass is 14.6. The lowest BCUT2D eigenvalue weighted by Crippen LogP contribution is -2.26. The van der Waals surface area contributed by atoms with Crippen LogP contribution in [0.5, 0.6) is 0 Å². The van der Waals surface area contributed by atoms with Gasteiger partial charge in [0.2, 0.25) is 0 Å². The second-order valence-electron chi connectivity index (χ2n) is 6.04. The van der Waals surface area contributed by atoms with Gasteiger partial charge in [-0.25, -0.2) is 0 Å². The molecule has 1 aromatic carbocycles. The van der Waals surface area contributed by atoms with Crippen LogP contribution in [0.25, 0.3) is 0 Å². The average molecular weight is 245 g/mol. The maximum atomic E-state index is 6.33. The minimum Gasteiger partial charge on any atom is -0.327 e. The van der Waals surface area contributed by atoms with E-state index in [1.807, 2.05) is 0 Å². The van der Waals surface area contributed by atoms with Crippen LogP contribution < -0.4 is 5.73 Å². The molecule has 18 heavy (non-hydrogen) atoms. The summed E-state index contributed by atoms with van der Waals surface area (Å²) in [7, 11) is 0. The van der Waals surface area contributed by atoms with Crippen LogP contribution in [0.1, 0.15) is 56.1 Å². The number of hydrogen-bond donors (Lipinski definition) is 1. The monoisotopic (exact) mass is 245 g/mol. The highest BCUT2D eigenvalue weighted by Gasteiger charge is 2.15. The lowest BCUT2D eigenvalue weighted by atomic mass is 9.90. The molecular formula is C17H27N. The molecule has 1 aliphatic rings. The highest BCUT2D eigenvalue weighted by molar-refractivity contribution is 5.21. The largest absolute Gasteiger partial charge is 0.327 e. The Morgan fingerprint density at radius 1 is 1.06 bits per heavy atom. The van der Waals surface area contributed by atoms with Gasteiger partial charge < -0.3 is 5.73 Å². The second-order valence-corrected chi connectivity index (χ2v) is 6.04. The van der Waals surface area contributed by atoms with Crippen LogP contribution in [0.2, 0.25) is 0 Å². The zero-order valence-electron chi connectivity index (χ0n) is 11.7. The predicted molar refractivity (Wildman–Crippen MR) is 78.7 cm³/mol. The lowest BCUT2D eigenvalue weighted by molar-refractivity contribution is 0.387. The standard InChI is InChI=1S/C17H27N/c1-14-8-10-16(11-9-14)13-17(18)12-15-6-4-2-3-5-7-15/h8-11,15,17H,2-7,12-13,18H2,1H3. The zero-order chi connectivity index (χ0) is 12.8. The van der Waals surface area contributed by atoms with Gasteiger partial charge in [0.1, 0.15) is 0 Å². The van der Waals surface area contributed by atoms with E-state index in [1.54, 1.807) is 0 Å². The van der Waals surface area contributed by atoms with E-state index in [2.05, 4.69) is 31.2 Å². The van der Waals surface area contributed by atoms with Crippen LogP contribution >= 0.6 is 0 Å². The van der Waals surface area contributed by atoms with Crippen molar-refractivity contribution in [1.29, 1.82) is 0 Å². The molecule has 1 saturated carbocycles. The first-order valence-electron chi connectivity index (χ1n) is 7.55. The van der Waals surface area contributed by atoms with Crippen molar-refractivity contribution in [2.24, 2.45) is 11.7 Å². The normalized spacial score (nSPS) is 19.4. The first-order chi connectivity index (χ1) is 8.74. The van der Waals surface area contributed by atoms with Crippen molar-refractivity contribution < 1.29 is 0 Å². The Kier molecular flexibility index (Phi) is 5.25. The predicted octanol–water partition coefficient (Wildman–Crippen LogP) is 4.23. The fraction of sp³-hybridized carbons (Fsp3) is 0.647. The Bertz CT molecular complexity index is 333. The van der Waals surface area contributed by atoms with E-state index in [0.29, 0.717) is 6.04 Å². The third kappa shape index (κ3) is 4.45. The molecule has 0 aliphatic heterocycles. The molecule has 1 fully saturated rings. The van der Waals surface area contributed by atoms with E-state index in [9.17, 15) is 0 Å².